The van der Waals surface area contributed by atoms with E-state index in [0.717, 1.165) is 0 Å². The van der Waals surface area contributed by atoms with Crippen LogP contribution in [-0.2, 0) is 19.1 Å². The van der Waals surface area contributed by atoms with Gasteiger partial charge in [-0.15, -0.1) is 0 Å². The largest absolute Gasteiger partial charge is 0.386 e. The molecule has 2 N–H and O–H groups in total. The number of anilines is 1. The van der Waals surface area contributed by atoms with Crippen molar-refractivity contribution in [3.05, 3.63) is 29.8 Å². The number of ether oxygens (including phenoxy) is 2. The Labute approximate surface area is 141 Å². The second kappa shape index (κ2) is 8.77. The van der Waals surface area contributed by atoms with Crippen LogP contribution in [0.1, 0.15) is 25.5 Å². The highest BCUT2D eigenvalue weighted by Gasteiger charge is 2.34. The molecule has 1 aliphatic heterocycles. The van der Waals surface area contributed by atoms with Gasteiger partial charge in [-0.05, 0) is 24.6 Å². The van der Waals surface area contributed by atoms with E-state index in [4.69, 9.17) is 9.47 Å². The Morgan fingerprint density at radius 3 is 2.79 bits per heavy atom. The van der Waals surface area contributed by atoms with Gasteiger partial charge in [0.05, 0.1) is 19.3 Å². The standard InChI is InChI=1S/C17H24N2O5/c1-3-23-9-8-19-15(10-24-11-16(19)21)17(22)13-4-6-14(7-5-13)18-12(2)20/h4-7,15,17,22H,3,8-11H2,1-2H3,(H,18,20)/t15-,17-/m1/s1. The Kier molecular flexibility index (Phi) is 6.72. The quantitative estimate of drug-likeness (QED) is 0.724. The summed E-state index contributed by atoms with van der Waals surface area (Å²) in [6, 6.07) is 6.44. The van der Waals surface area contributed by atoms with Crippen LogP contribution in [0.15, 0.2) is 24.3 Å². The van der Waals surface area contributed by atoms with Crippen LogP contribution in [0.5, 0.6) is 0 Å². The average molecular weight is 336 g/mol. The number of carbonyl (C=O) groups is 2. The van der Waals surface area contributed by atoms with Crippen molar-refractivity contribution in [3.63, 3.8) is 0 Å². The van der Waals surface area contributed by atoms with Crippen molar-refractivity contribution >= 4 is 17.5 Å². The van der Waals surface area contributed by atoms with Crippen molar-refractivity contribution in [1.82, 2.24) is 4.90 Å². The SMILES string of the molecule is CCOCCN1C(=O)COC[C@@H]1[C@H](O)c1ccc(NC(C)=O)cc1. The normalized spacial score (nSPS) is 19.2. The molecule has 0 spiro atoms. The summed E-state index contributed by atoms with van der Waals surface area (Å²) in [5, 5.41) is 13.3. The molecule has 2 rings (SSSR count). The molecule has 0 bridgehead atoms. The maximum absolute atomic E-state index is 12.1. The molecule has 7 nitrogen and oxygen atoms in total. The molecule has 1 fully saturated rings. The van der Waals surface area contributed by atoms with E-state index in [2.05, 4.69) is 5.32 Å². The summed E-state index contributed by atoms with van der Waals surface area (Å²) in [6.07, 6.45) is -0.873. The second-order valence-corrected chi connectivity index (χ2v) is 5.61. The monoisotopic (exact) mass is 336 g/mol. The van der Waals surface area contributed by atoms with Gasteiger partial charge in [0.15, 0.2) is 0 Å². The lowest BCUT2D eigenvalue weighted by Gasteiger charge is -2.38. The first-order valence-electron chi connectivity index (χ1n) is 8.03. The summed E-state index contributed by atoms with van der Waals surface area (Å²) >= 11 is 0. The molecule has 132 valence electrons. The van der Waals surface area contributed by atoms with Crippen molar-refractivity contribution in [2.24, 2.45) is 0 Å². The number of hydrogen-bond donors (Lipinski definition) is 2. The van der Waals surface area contributed by atoms with Crippen LogP contribution in [0, 0.1) is 0 Å². The van der Waals surface area contributed by atoms with E-state index in [0.29, 0.717) is 31.0 Å². The molecule has 1 heterocycles. The van der Waals surface area contributed by atoms with E-state index in [-0.39, 0.29) is 25.0 Å². The fraction of sp³-hybridized carbons (Fsp3) is 0.529. The Bertz CT molecular complexity index is 561. The van der Waals surface area contributed by atoms with E-state index in [1.165, 1.54) is 6.92 Å². The summed E-state index contributed by atoms with van der Waals surface area (Å²) < 4.78 is 10.6. The number of nitrogens with one attached hydrogen (secondary N) is 1. The van der Waals surface area contributed by atoms with Gasteiger partial charge in [-0.3, -0.25) is 9.59 Å². The van der Waals surface area contributed by atoms with Gasteiger partial charge in [0, 0.05) is 25.8 Å². The van der Waals surface area contributed by atoms with Gasteiger partial charge in [-0.1, -0.05) is 12.1 Å². The van der Waals surface area contributed by atoms with Gasteiger partial charge >= 0.3 is 0 Å². The highest BCUT2D eigenvalue weighted by Crippen LogP contribution is 2.25. The van der Waals surface area contributed by atoms with Gasteiger partial charge < -0.3 is 24.8 Å². The summed E-state index contributed by atoms with van der Waals surface area (Å²) in [5.41, 5.74) is 1.32. The molecule has 1 saturated heterocycles. The topological polar surface area (TPSA) is 88.1 Å². The zero-order valence-corrected chi connectivity index (χ0v) is 14.0. The van der Waals surface area contributed by atoms with Gasteiger partial charge in [-0.2, -0.15) is 0 Å². The van der Waals surface area contributed by atoms with Crippen LogP contribution in [-0.4, -0.2) is 60.8 Å². The first kappa shape index (κ1) is 18.4. The Hall–Kier alpha value is -1.96. The third-order valence-electron chi connectivity index (χ3n) is 3.85. The molecular weight excluding hydrogens is 312 g/mol. The molecule has 0 unspecified atom stereocenters. The number of aliphatic hydroxyl groups is 1. The van der Waals surface area contributed by atoms with E-state index >= 15 is 0 Å². The molecule has 7 heteroatoms. The van der Waals surface area contributed by atoms with E-state index < -0.39 is 12.1 Å². The molecule has 1 aromatic carbocycles. The van der Waals surface area contributed by atoms with Gasteiger partial charge in [0.25, 0.3) is 0 Å². The number of morpholine rings is 1. The lowest BCUT2D eigenvalue weighted by molar-refractivity contribution is -0.155. The zero-order valence-electron chi connectivity index (χ0n) is 14.0. The number of rotatable bonds is 7. The fourth-order valence-electron chi connectivity index (χ4n) is 2.67. The third kappa shape index (κ3) is 4.77. The second-order valence-electron chi connectivity index (χ2n) is 5.61. The van der Waals surface area contributed by atoms with Gasteiger partial charge in [0.1, 0.15) is 12.7 Å². The maximum Gasteiger partial charge on any atom is 0.249 e. The number of benzene rings is 1. The molecular formula is C17H24N2O5. The van der Waals surface area contributed by atoms with Crippen LogP contribution < -0.4 is 5.32 Å². The number of carbonyl (C=O) groups excluding carboxylic acids is 2. The number of nitrogens with zero attached hydrogens (tertiary/aromatic N) is 1. The molecule has 24 heavy (non-hydrogen) atoms. The van der Waals surface area contributed by atoms with Crippen LogP contribution in [0.25, 0.3) is 0 Å². The Balaban J connectivity index is 2.08. The lowest BCUT2D eigenvalue weighted by Crippen LogP contribution is -2.53. The van der Waals surface area contributed by atoms with E-state index in [1.54, 1.807) is 29.2 Å². The summed E-state index contributed by atoms with van der Waals surface area (Å²) in [4.78, 5) is 24.8. The van der Waals surface area contributed by atoms with Crippen LogP contribution in [0.3, 0.4) is 0 Å². The van der Waals surface area contributed by atoms with Crippen molar-refractivity contribution < 1.29 is 24.2 Å². The first-order chi connectivity index (χ1) is 11.5. The van der Waals surface area contributed by atoms with Crippen LogP contribution >= 0.6 is 0 Å². The predicted molar refractivity (Wildman–Crippen MR) is 88.5 cm³/mol. The van der Waals surface area contributed by atoms with Gasteiger partial charge in [-0.25, -0.2) is 0 Å². The molecule has 2 amide bonds. The minimum absolute atomic E-state index is 0.0246. The van der Waals surface area contributed by atoms with E-state index in [1.807, 2.05) is 6.92 Å². The Morgan fingerprint density at radius 2 is 2.17 bits per heavy atom. The van der Waals surface area contributed by atoms with Crippen LogP contribution in [0.2, 0.25) is 0 Å². The fourth-order valence-corrected chi connectivity index (χ4v) is 2.67. The molecule has 0 saturated carbocycles. The summed E-state index contributed by atoms with van der Waals surface area (Å²) in [5.74, 6) is -0.309. The minimum atomic E-state index is -0.873. The molecule has 2 atom stereocenters. The minimum Gasteiger partial charge on any atom is -0.386 e. The first-order valence-corrected chi connectivity index (χ1v) is 8.03. The number of aliphatic hydroxyl groups excluding tert-OH is 1. The van der Waals surface area contributed by atoms with E-state index in [9.17, 15) is 14.7 Å². The van der Waals surface area contributed by atoms with Crippen molar-refractivity contribution in [1.29, 1.82) is 0 Å². The average Bonchev–Trinajstić information content (AvgIpc) is 2.56. The molecule has 0 radical (unpaired) electrons. The van der Waals surface area contributed by atoms with Gasteiger partial charge in [0.2, 0.25) is 11.8 Å². The smallest absolute Gasteiger partial charge is 0.249 e. The highest BCUT2D eigenvalue weighted by molar-refractivity contribution is 5.88. The number of amides is 2. The zero-order chi connectivity index (χ0) is 17.5. The van der Waals surface area contributed by atoms with Crippen molar-refractivity contribution in [2.45, 2.75) is 26.0 Å². The van der Waals surface area contributed by atoms with Crippen molar-refractivity contribution in [2.75, 3.05) is 38.3 Å². The maximum atomic E-state index is 12.1. The summed E-state index contributed by atoms with van der Waals surface area (Å²) in [6.45, 7) is 5.04. The molecule has 0 aliphatic carbocycles. The summed E-state index contributed by atoms with van der Waals surface area (Å²) in [7, 11) is 0. The Morgan fingerprint density at radius 1 is 1.46 bits per heavy atom. The van der Waals surface area contributed by atoms with Crippen LogP contribution in [0.4, 0.5) is 5.69 Å². The molecule has 1 aliphatic rings. The molecule has 0 aromatic heterocycles. The van der Waals surface area contributed by atoms with Crippen molar-refractivity contribution in [3.8, 4) is 0 Å². The highest BCUT2D eigenvalue weighted by atomic mass is 16.5. The lowest BCUT2D eigenvalue weighted by atomic mass is 10.00. The molecule has 1 aromatic rings. The number of hydrogen-bond acceptors (Lipinski definition) is 5. The predicted octanol–water partition coefficient (Wildman–Crippen LogP) is 0.942. The third-order valence-corrected chi connectivity index (χ3v) is 3.85.